The van der Waals surface area contributed by atoms with Crippen LogP contribution in [0.2, 0.25) is 0 Å². The van der Waals surface area contributed by atoms with Gasteiger partial charge in [0, 0.05) is 27.5 Å². The minimum atomic E-state index is 0.586. The predicted octanol–water partition coefficient (Wildman–Crippen LogP) is 14.1. The van der Waals surface area contributed by atoms with Crippen molar-refractivity contribution in [3.63, 3.8) is 0 Å². The highest BCUT2D eigenvalue weighted by Crippen LogP contribution is 2.42. The number of para-hydroxylation sites is 1. The quantitative estimate of drug-likeness (QED) is 0.160. The van der Waals surface area contributed by atoms with Gasteiger partial charge in [0.1, 0.15) is 11.2 Å². The van der Waals surface area contributed by atoms with Crippen LogP contribution in [0.4, 0.5) is 0 Å². The summed E-state index contributed by atoms with van der Waals surface area (Å²) in [6, 6.07) is 69.9. The maximum Gasteiger partial charge on any atom is 0.164 e. The van der Waals surface area contributed by atoms with Gasteiger partial charge in [-0.15, -0.1) is 0 Å². The molecule has 0 aliphatic carbocycles. The fourth-order valence-corrected chi connectivity index (χ4v) is 8.12. The molecule has 0 amide bonds. The fraction of sp³-hybridized carbons (Fsp3) is 0. The van der Waals surface area contributed by atoms with Gasteiger partial charge in [-0.1, -0.05) is 176 Å². The minimum Gasteiger partial charge on any atom is -0.456 e. The number of aromatic nitrogens is 3. The zero-order valence-electron chi connectivity index (χ0n) is 30.8. The van der Waals surface area contributed by atoms with Crippen molar-refractivity contribution in [1.82, 2.24) is 15.0 Å². The van der Waals surface area contributed by atoms with Crippen molar-refractivity contribution in [1.29, 1.82) is 0 Å². The third kappa shape index (κ3) is 5.83. The van der Waals surface area contributed by atoms with E-state index in [1.165, 1.54) is 32.7 Å². The minimum absolute atomic E-state index is 0.586. The zero-order valence-corrected chi connectivity index (χ0v) is 30.8. The van der Waals surface area contributed by atoms with Gasteiger partial charge >= 0.3 is 0 Å². The SMILES string of the molecule is c1ccc(-c2ccc(-c3ccc(-c4nc(-c5ccccc5)nc(-c5cc(-c6cc7ccccc7c7ccccc67)cc6oc7ccccc7c56)n4)cc3)cc2)cc1. The molecule has 11 aromatic rings. The van der Waals surface area contributed by atoms with Crippen LogP contribution in [-0.4, -0.2) is 15.0 Å². The average molecular weight is 728 g/mol. The van der Waals surface area contributed by atoms with E-state index in [1.54, 1.807) is 0 Å². The second-order valence-electron chi connectivity index (χ2n) is 14.4. The molecule has 0 unspecified atom stereocenters. The molecule has 0 atom stereocenters. The predicted molar refractivity (Wildman–Crippen MR) is 235 cm³/mol. The van der Waals surface area contributed by atoms with E-state index < -0.39 is 0 Å². The molecule has 4 heteroatoms. The van der Waals surface area contributed by atoms with Crippen molar-refractivity contribution in [2.75, 3.05) is 0 Å². The molecule has 4 nitrogen and oxygen atoms in total. The molecule has 0 bridgehead atoms. The number of benzene rings is 9. The van der Waals surface area contributed by atoms with Crippen LogP contribution in [0.5, 0.6) is 0 Å². The van der Waals surface area contributed by atoms with Gasteiger partial charge in [-0.3, -0.25) is 0 Å². The molecular weight excluding hydrogens is 695 g/mol. The first-order chi connectivity index (χ1) is 28.2. The summed E-state index contributed by atoms with van der Waals surface area (Å²) in [5.41, 5.74) is 11.1. The fourth-order valence-electron chi connectivity index (χ4n) is 8.12. The highest BCUT2D eigenvalue weighted by Gasteiger charge is 2.21. The molecule has 0 aliphatic rings. The third-order valence-electron chi connectivity index (χ3n) is 10.9. The molecule has 0 aliphatic heterocycles. The summed E-state index contributed by atoms with van der Waals surface area (Å²) in [6.07, 6.45) is 0. The second-order valence-corrected chi connectivity index (χ2v) is 14.4. The molecule has 9 aromatic carbocycles. The standard InChI is InChI=1S/C53H33N3O/c1-3-13-34(14-4-1)35-23-25-36(26-24-35)37-27-29-39(30-28-37)52-54-51(38-15-5-2-6-16-38)55-53(56-52)47-32-41(33-49-50(47)45-21-11-12-22-48(45)57-49)46-31-40-17-7-8-18-42(40)43-19-9-10-20-44(43)46/h1-33H. The summed E-state index contributed by atoms with van der Waals surface area (Å²) in [4.78, 5) is 15.6. The second kappa shape index (κ2) is 13.6. The maximum absolute atomic E-state index is 6.62. The Labute approximate surface area is 329 Å². The normalized spacial score (nSPS) is 11.5. The molecule has 57 heavy (non-hydrogen) atoms. The van der Waals surface area contributed by atoms with Crippen LogP contribution < -0.4 is 0 Å². The molecule has 0 N–H and O–H groups in total. The Hall–Kier alpha value is -7.69. The summed E-state index contributed by atoms with van der Waals surface area (Å²) in [5.74, 6) is 1.80. The van der Waals surface area contributed by atoms with Crippen LogP contribution in [0, 0.1) is 0 Å². The van der Waals surface area contributed by atoms with Gasteiger partial charge < -0.3 is 4.42 Å². The summed E-state index contributed by atoms with van der Waals surface area (Å²) < 4.78 is 6.62. The van der Waals surface area contributed by atoms with Crippen LogP contribution >= 0.6 is 0 Å². The first kappa shape index (κ1) is 32.7. The number of rotatable bonds is 6. The molecule has 11 rings (SSSR count). The van der Waals surface area contributed by atoms with Crippen LogP contribution in [0.25, 0.3) is 111 Å². The number of nitrogens with zero attached hydrogens (tertiary/aromatic N) is 3. The Morgan fingerprint density at radius 3 is 1.42 bits per heavy atom. The zero-order chi connectivity index (χ0) is 37.7. The van der Waals surface area contributed by atoms with E-state index in [0.717, 1.165) is 60.9 Å². The van der Waals surface area contributed by atoms with Gasteiger partial charge in [-0.2, -0.15) is 0 Å². The molecule has 2 aromatic heterocycles. The lowest BCUT2D eigenvalue weighted by Crippen LogP contribution is -2.00. The van der Waals surface area contributed by atoms with Gasteiger partial charge in [-0.05, 0) is 79.2 Å². The van der Waals surface area contributed by atoms with Crippen molar-refractivity contribution in [2.24, 2.45) is 0 Å². The van der Waals surface area contributed by atoms with Gasteiger partial charge in [0.05, 0.1) is 0 Å². The van der Waals surface area contributed by atoms with E-state index in [-0.39, 0.29) is 0 Å². The Morgan fingerprint density at radius 2 is 0.754 bits per heavy atom. The van der Waals surface area contributed by atoms with Crippen molar-refractivity contribution >= 4 is 43.5 Å². The lowest BCUT2D eigenvalue weighted by molar-refractivity contribution is 0.669. The maximum atomic E-state index is 6.62. The Kier molecular flexibility index (Phi) is 7.78. The summed E-state index contributed by atoms with van der Waals surface area (Å²) in [5, 5.41) is 6.79. The molecule has 0 fully saturated rings. The highest BCUT2D eigenvalue weighted by atomic mass is 16.3. The molecule has 0 saturated heterocycles. The number of hydrogen-bond acceptors (Lipinski definition) is 4. The van der Waals surface area contributed by atoms with Crippen LogP contribution in [0.15, 0.2) is 205 Å². The van der Waals surface area contributed by atoms with Crippen molar-refractivity contribution < 1.29 is 4.42 Å². The number of hydrogen-bond donors (Lipinski definition) is 0. The average Bonchev–Trinajstić information content (AvgIpc) is 3.68. The van der Waals surface area contributed by atoms with E-state index >= 15 is 0 Å². The third-order valence-corrected chi connectivity index (χ3v) is 10.9. The molecule has 0 radical (unpaired) electrons. The Balaban J connectivity index is 1.09. The molecule has 0 saturated carbocycles. The number of fused-ring (bicyclic) bond motifs is 6. The smallest absolute Gasteiger partial charge is 0.164 e. The van der Waals surface area contributed by atoms with E-state index in [2.05, 4.69) is 152 Å². The van der Waals surface area contributed by atoms with Crippen molar-refractivity contribution in [2.45, 2.75) is 0 Å². The van der Waals surface area contributed by atoms with Gasteiger partial charge in [0.2, 0.25) is 0 Å². The van der Waals surface area contributed by atoms with E-state index in [0.29, 0.717) is 17.5 Å². The first-order valence-corrected chi connectivity index (χ1v) is 19.2. The van der Waals surface area contributed by atoms with Crippen LogP contribution in [0.1, 0.15) is 0 Å². The van der Waals surface area contributed by atoms with E-state index in [1.807, 2.05) is 48.5 Å². The van der Waals surface area contributed by atoms with Crippen LogP contribution in [-0.2, 0) is 0 Å². The molecular formula is C53H33N3O. The highest BCUT2D eigenvalue weighted by molar-refractivity contribution is 6.17. The largest absolute Gasteiger partial charge is 0.456 e. The van der Waals surface area contributed by atoms with Crippen molar-refractivity contribution in [3.05, 3.63) is 200 Å². The van der Waals surface area contributed by atoms with E-state index in [4.69, 9.17) is 19.4 Å². The monoisotopic (exact) mass is 727 g/mol. The summed E-state index contributed by atoms with van der Waals surface area (Å²) >= 11 is 0. The summed E-state index contributed by atoms with van der Waals surface area (Å²) in [7, 11) is 0. The lowest BCUT2D eigenvalue weighted by Gasteiger charge is -2.14. The van der Waals surface area contributed by atoms with Gasteiger partial charge in [0.15, 0.2) is 17.5 Å². The molecule has 2 heterocycles. The van der Waals surface area contributed by atoms with Gasteiger partial charge in [-0.25, -0.2) is 15.0 Å². The van der Waals surface area contributed by atoms with Gasteiger partial charge in [0.25, 0.3) is 0 Å². The molecule has 266 valence electrons. The number of furan rings is 1. The summed E-state index contributed by atoms with van der Waals surface area (Å²) in [6.45, 7) is 0. The Morgan fingerprint density at radius 1 is 0.281 bits per heavy atom. The van der Waals surface area contributed by atoms with Crippen LogP contribution in [0.3, 0.4) is 0 Å². The van der Waals surface area contributed by atoms with Crippen molar-refractivity contribution in [3.8, 4) is 67.5 Å². The van der Waals surface area contributed by atoms with E-state index in [9.17, 15) is 0 Å². The topological polar surface area (TPSA) is 51.8 Å². The first-order valence-electron chi connectivity index (χ1n) is 19.2. The molecule has 0 spiro atoms. The lowest BCUT2D eigenvalue weighted by atomic mass is 9.91. The Bertz CT molecular complexity index is 3260.